The first-order chi connectivity index (χ1) is 52.0. The molecule has 106 heavy (non-hydrogen) atoms. The molecule has 1 N–H and O–H groups in total. The molecule has 0 aliphatic carbocycles. The molecule has 0 spiro atoms. The van der Waals surface area contributed by atoms with Crippen LogP contribution in [0.2, 0.25) is 0 Å². The summed E-state index contributed by atoms with van der Waals surface area (Å²) >= 11 is 0. The topological polar surface area (TPSA) is 108 Å². The van der Waals surface area contributed by atoms with Crippen LogP contribution in [0, 0.1) is 0 Å². The highest BCUT2D eigenvalue weighted by Crippen LogP contribution is 2.43. The predicted molar refractivity (Wildman–Crippen MR) is 464 cm³/mol. The molecule has 2 atom stereocenters. The van der Waals surface area contributed by atoms with Gasteiger partial charge in [-0.25, -0.2) is 4.57 Å². The van der Waals surface area contributed by atoms with Crippen molar-refractivity contribution in [3.63, 3.8) is 0 Å². The molecule has 0 aromatic rings. The van der Waals surface area contributed by atoms with Crippen LogP contribution in [0.5, 0.6) is 0 Å². The zero-order valence-electron chi connectivity index (χ0n) is 71.4. The second-order valence-corrected chi connectivity index (χ2v) is 34.5. The lowest BCUT2D eigenvalue weighted by Crippen LogP contribution is -2.37. The Morgan fingerprint density at radius 3 is 0.802 bits per heavy atom. The maximum absolute atomic E-state index is 13.0. The number of hydrogen-bond acceptors (Lipinski definition) is 7. The van der Waals surface area contributed by atoms with Crippen LogP contribution in [0.4, 0.5) is 0 Å². The van der Waals surface area contributed by atoms with Gasteiger partial charge >= 0.3 is 19.8 Å². The number of allylic oxidation sites excluding steroid dienone is 12. The number of likely N-dealkylation sites (N-methyl/N-ethyl adjacent to an activating group) is 1. The van der Waals surface area contributed by atoms with Gasteiger partial charge in [0.25, 0.3) is 0 Å². The SMILES string of the molecule is CC/C=C\C/C=C\C/C=C\C/C=C\CCCCCCCCCCCCCCCCCCCCCCCCCCCCCCC(=O)OC(COC(=O)CCCCCCCCCCCCCCCCCCCCCCCCCCCCCCC/C=C\C/C=C\CCCCCCC)COP(=O)(O)OCC[N+](C)(C)C. The number of esters is 2. The lowest BCUT2D eigenvalue weighted by Gasteiger charge is -2.24. The molecule has 0 saturated carbocycles. The summed E-state index contributed by atoms with van der Waals surface area (Å²) in [4.78, 5) is 36.1. The van der Waals surface area contributed by atoms with E-state index >= 15 is 0 Å². The normalized spacial score (nSPS) is 13.2. The van der Waals surface area contributed by atoms with Gasteiger partial charge in [-0.3, -0.25) is 18.6 Å². The minimum atomic E-state index is -4.40. The molecule has 2 unspecified atom stereocenters. The molecule has 0 bridgehead atoms. The van der Waals surface area contributed by atoms with Crippen LogP contribution in [-0.4, -0.2) is 74.9 Å². The van der Waals surface area contributed by atoms with Crippen molar-refractivity contribution in [1.29, 1.82) is 0 Å². The lowest BCUT2D eigenvalue weighted by molar-refractivity contribution is -0.870. The van der Waals surface area contributed by atoms with E-state index in [-0.39, 0.29) is 25.6 Å². The fraction of sp³-hybridized carbons (Fsp3) is 0.854. The largest absolute Gasteiger partial charge is 0.472 e. The second-order valence-electron chi connectivity index (χ2n) is 33.0. The van der Waals surface area contributed by atoms with E-state index in [2.05, 4.69) is 86.8 Å². The van der Waals surface area contributed by atoms with Crippen LogP contribution in [0.1, 0.15) is 476 Å². The summed E-state index contributed by atoms with van der Waals surface area (Å²) in [5, 5.41) is 0. The van der Waals surface area contributed by atoms with Crippen molar-refractivity contribution in [2.45, 2.75) is 482 Å². The van der Waals surface area contributed by atoms with Gasteiger partial charge in [-0.1, -0.05) is 453 Å². The predicted octanol–water partition coefficient (Wildman–Crippen LogP) is 31.7. The summed E-state index contributed by atoms with van der Waals surface area (Å²) in [6.07, 6.45) is 120. The Morgan fingerprint density at radius 2 is 0.538 bits per heavy atom. The van der Waals surface area contributed by atoms with E-state index < -0.39 is 26.5 Å². The highest BCUT2D eigenvalue weighted by Gasteiger charge is 2.27. The van der Waals surface area contributed by atoms with Crippen molar-refractivity contribution in [3.8, 4) is 0 Å². The average molecular weight is 1510 g/mol. The van der Waals surface area contributed by atoms with Crippen LogP contribution in [0.25, 0.3) is 0 Å². The van der Waals surface area contributed by atoms with Crippen molar-refractivity contribution in [2.24, 2.45) is 0 Å². The third kappa shape index (κ3) is 90.3. The Bertz CT molecular complexity index is 2020. The highest BCUT2D eigenvalue weighted by atomic mass is 31.2. The first-order valence-corrected chi connectivity index (χ1v) is 48.2. The molecule has 0 radical (unpaired) electrons. The van der Waals surface area contributed by atoms with Gasteiger partial charge in [-0.15, -0.1) is 0 Å². The summed E-state index contributed by atoms with van der Waals surface area (Å²) in [5.74, 6) is -0.769. The number of carbonyl (C=O) groups excluding carboxylic acids is 2. The molecule has 0 saturated heterocycles. The first-order valence-electron chi connectivity index (χ1n) is 46.7. The Balaban J connectivity index is 3.81. The molecule has 0 aromatic heterocycles. The molecular formula is C96H181NO8P+. The number of hydrogen-bond donors (Lipinski definition) is 1. The Morgan fingerprint density at radius 1 is 0.302 bits per heavy atom. The summed E-state index contributed by atoms with van der Waals surface area (Å²) in [5.41, 5.74) is 0. The average Bonchev–Trinajstić information content (AvgIpc) is 0.908. The third-order valence-electron chi connectivity index (χ3n) is 21.2. The number of carbonyl (C=O) groups is 2. The third-order valence-corrected chi connectivity index (χ3v) is 22.2. The fourth-order valence-electron chi connectivity index (χ4n) is 14.2. The van der Waals surface area contributed by atoms with Crippen LogP contribution in [-0.2, 0) is 32.7 Å². The van der Waals surface area contributed by atoms with Crippen LogP contribution in [0.3, 0.4) is 0 Å². The fourth-order valence-corrected chi connectivity index (χ4v) is 14.9. The van der Waals surface area contributed by atoms with Crippen LogP contribution < -0.4 is 0 Å². The number of quaternary nitrogens is 1. The summed E-state index contributed by atoms with van der Waals surface area (Å²) in [6.45, 7) is 4.39. The maximum Gasteiger partial charge on any atom is 0.472 e. The molecule has 10 heteroatoms. The highest BCUT2D eigenvalue weighted by molar-refractivity contribution is 7.47. The van der Waals surface area contributed by atoms with Gasteiger partial charge in [-0.05, 0) is 83.5 Å². The Labute approximate surface area is 660 Å². The lowest BCUT2D eigenvalue weighted by atomic mass is 10.0. The summed E-state index contributed by atoms with van der Waals surface area (Å²) in [7, 11) is 1.50. The first kappa shape index (κ1) is 103. The molecule has 0 rings (SSSR count). The molecular weight excluding hydrogens is 1330 g/mol. The van der Waals surface area contributed by atoms with E-state index in [1.807, 2.05) is 21.1 Å². The minimum absolute atomic E-state index is 0.0348. The molecule has 0 amide bonds. The van der Waals surface area contributed by atoms with Crippen molar-refractivity contribution in [3.05, 3.63) is 72.9 Å². The van der Waals surface area contributed by atoms with E-state index in [0.29, 0.717) is 23.9 Å². The van der Waals surface area contributed by atoms with Gasteiger partial charge in [0.15, 0.2) is 6.10 Å². The van der Waals surface area contributed by atoms with E-state index in [0.717, 1.165) is 64.2 Å². The van der Waals surface area contributed by atoms with Crippen molar-refractivity contribution >= 4 is 19.8 Å². The molecule has 0 aromatic carbocycles. The van der Waals surface area contributed by atoms with Gasteiger partial charge < -0.3 is 18.9 Å². The van der Waals surface area contributed by atoms with Gasteiger partial charge in [0.1, 0.15) is 19.8 Å². The van der Waals surface area contributed by atoms with Crippen molar-refractivity contribution < 1.29 is 42.1 Å². The summed E-state index contributed by atoms with van der Waals surface area (Å²) in [6, 6.07) is 0. The Kier molecular flexibility index (Phi) is 84.4. The number of nitrogens with zero attached hydrogens (tertiary/aromatic N) is 1. The van der Waals surface area contributed by atoms with Crippen molar-refractivity contribution in [1.82, 2.24) is 0 Å². The van der Waals surface area contributed by atoms with Gasteiger partial charge in [0.2, 0.25) is 0 Å². The van der Waals surface area contributed by atoms with Gasteiger partial charge in [0.05, 0.1) is 27.7 Å². The number of unbranched alkanes of at least 4 members (excludes halogenated alkanes) is 62. The van der Waals surface area contributed by atoms with Crippen LogP contribution in [0.15, 0.2) is 72.9 Å². The minimum Gasteiger partial charge on any atom is -0.462 e. The van der Waals surface area contributed by atoms with Crippen molar-refractivity contribution in [2.75, 3.05) is 47.5 Å². The second kappa shape index (κ2) is 86.4. The molecule has 9 nitrogen and oxygen atoms in total. The quantitative estimate of drug-likeness (QED) is 0.0211. The standard InChI is InChI=1S/C96H180NO8P/c1-6-8-10-12-14-16-18-20-22-24-26-28-30-32-34-36-38-40-42-44-46-48-50-52-54-56-58-60-62-64-66-68-70-72-74-76-78-80-82-84-86-88-95(98)102-92-94(93-104-106(100,101)103-91-90-97(3,4)5)105-96(99)89-87-85-83-81-79-77-75-73-71-69-67-65-63-61-59-57-55-53-51-49-47-45-43-41-39-37-35-33-31-29-27-25-23-21-19-17-15-13-11-9-7-2/h9,11,15,17-18,20-21,23-24,26-27,29,94H,6-8,10,12-14,16,19,22,25,28,30-93H2,1-5H3/p+1/b11-9-,17-15-,20-18-,23-21-,26-24-,29-27-. The van der Waals surface area contributed by atoms with E-state index in [1.54, 1.807) is 0 Å². The summed E-state index contributed by atoms with van der Waals surface area (Å²) < 4.78 is 34.9. The molecule has 0 aliphatic rings. The van der Waals surface area contributed by atoms with Crippen LogP contribution >= 0.6 is 7.82 Å². The van der Waals surface area contributed by atoms with Gasteiger partial charge in [0, 0.05) is 12.8 Å². The zero-order chi connectivity index (χ0) is 76.8. The molecule has 0 aliphatic heterocycles. The molecule has 0 fully saturated rings. The number of phosphoric acid groups is 1. The molecule has 0 heterocycles. The van der Waals surface area contributed by atoms with Gasteiger partial charge in [-0.2, -0.15) is 0 Å². The maximum atomic E-state index is 13.0. The number of rotatable bonds is 88. The molecule has 622 valence electrons. The zero-order valence-corrected chi connectivity index (χ0v) is 72.3. The number of phosphoric ester groups is 1. The van der Waals surface area contributed by atoms with E-state index in [9.17, 15) is 19.0 Å². The monoisotopic (exact) mass is 1510 g/mol. The number of ether oxygens (including phenoxy) is 2. The smallest absolute Gasteiger partial charge is 0.462 e. The van der Waals surface area contributed by atoms with E-state index in [4.69, 9.17) is 18.5 Å². The van der Waals surface area contributed by atoms with E-state index in [1.165, 1.54) is 379 Å². The Hall–Kier alpha value is -2.55.